The number of hydrogen-bond acceptors (Lipinski definition) is 4. The molecule has 2 N–H and O–H groups in total. The van der Waals surface area contributed by atoms with E-state index in [9.17, 15) is 4.79 Å². The Morgan fingerprint density at radius 3 is 2.61 bits per heavy atom. The maximum atomic E-state index is 12.5. The molecule has 136 valence electrons. The third kappa shape index (κ3) is 3.10. The van der Waals surface area contributed by atoms with Gasteiger partial charge in [-0.2, -0.15) is 0 Å². The van der Waals surface area contributed by atoms with Crippen LogP contribution < -0.4 is 5.32 Å². The SMILES string of the molecule is O=C(Nc1ccc(-c2nc3ccccc3[nH]2)cc1)c1ccc(-c2ccco2)s1. The number of nitrogens with one attached hydrogen (secondary N) is 2. The molecule has 0 radical (unpaired) electrons. The molecular formula is C22H15N3O2S. The summed E-state index contributed by atoms with van der Waals surface area (Å²) < 4.78 is 5.38. The zero-order valence-electron chi connectivity index (χ0n) is 14.7. The number of para-hydroxylation sites is 2. The summed E-state index contributed by atoms with van der Waals surface area (Å²) in [6, 6.07) is 23.0. The monoisotopic (exact) mass is 385 g/mol. The van der Waals surface area contributed by atoms with Gasteiger partial charge < -0.3 is 14.7 Å². The van der Waals surface area contributed by atoms with Gasteiger partial charge in [0.1, 0.15) is 11.6 Å². The molecule has 2 aromatic carbocycles. The fourth-order valence-electron chi connectivity index (χ4n) is 3.00. The normalized spacial score (nSPS) is 11.0. The van der Waals surface area contributed by atoms with Crippen LogP contribution in [0.3, 0.4) is 0 Å². The highest BCUT2D eigenvalue weighted by molar-refractivity contribution is 7.17. The van der Waals surface area contributed by atoms with Gasteiger partial charge in [-0.3, -0.25) is 4.79 Å². The van der Waals surface area contributed by atoms with Crippen LogP contribution in [0.1, 0.15) is 9.67 Å². The first kappa shape index (κ1) is 16.5. The summed E-state index contributed by atoms with van der Waals surface area (Å²) in [5.74, 6) is 1.43. The molecular weight excluding hydrogens is 370 g/mol. The Hall–Kier alpha value is -3.64. The molecule has 5 rings (SSSR count). The molecule has 0 spiro atoms. The maximum absolute atomic E-state index is 12.5. The first-order chi connectivity index (χ1) is 13.8. The van der Waals surface area contributed by atoms with Crippen LogP contribution in [0, 0.1) is 0 Å². The van der Waals surface area contributed by atoms with Gasteiger partial charge in [-0.15, -0.1) is 11.3 Å². The van der Waals surface area contributed by atoms with Crippen LogP contribution in [0.2, 0.25) is 0 Å². The highest BCUT2D eigenvalue weighted by Crippen LogP contribution is 2.29. The van der Waals surface area contributed by atoms with Crippen LogP contribution in [0.15, 0.2) is 83.5 Å². The number of aromatic amines is 1. The summed E-state index contributed by atoms with van der Waals surface area (Å²) in [6.45, 7) is 0. The largest absolute Gasteiger partial charge is 0.464 e. The van der Waals surface area contributed by atoms with Gasteiger partial charge in [-0.1, -0.05) is 12.1 Å². The summed E-state index contributed by atoms with van der Waals surface area (Å²) in [5.41, 5.74) is 3.63. The Bertz CT molecular complexity index is 1220. The summed E-state index contributed by atoms with van der Waals surface area (Å²) in [7, 11) is 0. The number of carbonyl (C=O) groups excluding carboxylic acids is 1. The number of imidazole rings is 1. The molecule has 0 aliphatic rings. The zero-order chi connectivity index (χ0) is 18.9. The van der Waals surface area contributed by atoms with E-state index in [4.69, 9.17) is 4.42 Å². The molecule has 5 aromatic rings. The fourth-order valence-corrected chi connectivity index (χ4v) is 3.87. The van der Waals surface area contributed by atoms with E-state index >= 15 is 0 Å². The number of rotatable bonds is 4. The van der Waals surface area contributed by atoms with Crippen molar-refractivity contribution in [3.8, 4) is 22.0 Å². The Kier molecular flexibility index (Phi) is 4.03. The average molecular weight is 385 g/mol. The van der Waals surface area contributed by atoms with E-state index in [0.717, 1.165) is 38.7 Å². The van der Waals surface area contributed by atoms with Crippen molar-refractivity contribution in [1.82, 2.24) is 9.97 Å². The Morgan fingerprint density at radius 1 is 0.964 bits per heavy atom. The summed E-state index contributed by atoms with van der Waals surface area (Å²) in [5, 5.41) is 2.93. The summed E-state index contributed by atoms with van der Waals surface area (Å²) in [6.07, 6.45) is 1.62. The quantitative estimate of drug-likeness (QED) is 0.410. The molecule has 28 heavy (non-hydrogen) atoms. The number of carbonyl (C=O) groups is 1. The molecule has 0 aliphatic heterocycles. The third-order valence-corrected chi connectivity index (χ3v) is 5.50. The summed E-state index contributed by atoms with van der Waals surface area (Å²) >= 11 is 1.40. The molecule has 5 nitrogen and oxygen atoms in total. The van der Waals surface area contributed by atoms with Gasteiger partial charge >= 0.3 is 0 Å². The van der Waals surface area contributed by atoms with Crippen molar-refractivity contribution in [1.29, 1.82) is 0 Å². The minimum absolute atomic E-state index is 0.140. The van der Waals surface area contributed by atoms with Crippen LogP contribution in [0.4, 0.5) is 5.69 Å². The fraction of sp³-hybridized carbons (Fsp3) is 0. The van der Waals surface area contributed by atoms with Crippen LogP contribution in [0.25, 0.3) is 33.1 Å². The second-order valence-electron chi connectivity index (χ2n) is 6.28. The van der Waals surface area contributed by atoms with E-state index in [2.05, 4.69) is 15.3 Å². The van der Waals surface area contributed by atoms with Crippen LogP contribution >= 0.6 is 11.3 Å². The van der Waals surface area contributed by atoms with Crippen LogP contribution in [0.5, 0.6) is 0 Å². The second kappa shape index (κ2) is 6.83. The second-order valence-corrected chi connectivity index (χ2v) is 7.36. The molecule has 1 amide bonds. The first-order valence-corrected chi connectivity index (χ1v) is 9.58. The molecule has 3 aromatic heterocycles. The van der Waals surface area contributed by atoms with Gasteiger partial charge in [0.2, 0.25) is 0 Å². The van der Waals surface area contributed by atoms with E-state index in [1.807, 2.05) is 66.7 Å². The topological polar surface area (TPSA) is 70.9 Å². The lowest BCUT2D eigenvalue weighted by atomic mass is 10.2. The van der Waals surface area contributed by atoms with Gasteiger partial charge in [-0.05, 0) is 60.7 Å². The van der Waals surface area contributed by atoms with Gasteiger partial charge in [0.05, 0.1) is 27.1 Å². The van der Waals surface area contributed by atoms with Crippen molar-refractivity contribution in [2.45, 2.75) is 0 Å². The number of nitrogens with zero attached hydrogens (tertiary/aromatic N) is 1. The molecule has 0 aliphatic carbocycles. The minimum atomic E-state index is -0.140. The minimum Gasteiger partial charge on any atom is -0.464 e. The average Bonchev–Trinajstić information content (AvgIpc) is 3.48. The molecule has 0 saturated carbocycles. The number of H-pyrrole nitrogens is 1. The zero-order valence-corrected chi connectivity index (χ0v) is 15.5. The highest BCUT2D eigenvalue weighted by Gasteiger charge is 2.12. The maximum Gasteiger partial charge on any atom is 0.265 e. The number of thiophene rings is 1. The van der Waals surface area contributed by atoms with Crippen LogP contribution in [-0.2, 0) is 0 Å². The molecule has 6 heteroatoms. The van der Waals surface area contributed by atoms with E-state index in [1.54, 1.807) is 12.3 Å². The summed E-state index contributed by atoms with van der Waals surface area (Å²) in [4.78, 5) is 22.0. The molecule has 0 unspecified atom stereocenters. The van der Waals surface area contributed by atoms with Crippen molar-refractivity contribution in [2.75, 3.05) is 5.32 Å². The van der Waals surface area contributed by atoms with Gasteiger partial charge in [-0.25, -0.2) is 4.98 Å². The van der Waals surface area contributed by atoms with Gasteiger partial charge in [0.25, 0.3) is 5.91 Å². The van der Waals surface area contributed by atoms with Crippen molar-refractivity contribution < 1.29 is 9.21 Å². The first-order valence-electron chi connectivity index (χ1n) is 8.76. The number of amides is 1. The Balaban J connectivity index is 1.32. The molecule has 0 bridgehead atoms. The predicted octanol–water partition coefficient (Wildman–Crippen LogP) is 5.80. The van der Waals surface area contributed by atoms with E-state index in [1.165, 1.54) is 11.3 Å². The lowest BCUT2D eigenvalue weighted by Crippen LogP contribution is -2.09. The van der Waals surface area contributed by atoms with Crippen molar-refractivity contribution in [2.24, 2.45) is 0 Å². The molecule has 0 saturated heterocycles. The van der Waals surface area contributed by atoms with Gasteiger partial charge in [0.15, 0.2) is 0 Å². The standard InChI is InChI=1S/C22H15N3O2S/c26-22(20-12-11-19(28-20)18-6-3-13-27-18)23-15-9-7-14(8-10-15)21-24-16-4-1-2-5-17(16)25-21/h1-13H,(H,23,26)(H,24,25). The van der Waals surface area contributed by atoms with E-state index in [0.29, 0.717) is 4.88 Å². The van der Waals surface area contributed by atoms with E-state index < -0.39 is 0 Å². The molecule has 3 heterocycles. The van der Waals surface area contributed by atoms with Gasteiger partial charge in [0, 0.05) is 11.3 Å². The molecule has 0 atom stereocenters. The van der Waals surface area contributed by atoms with Crippen LogP contribution in [-0.4, -0.2) is 15.9 Å². The number of benzene rings is 2. The van der Waals surface area contributed by atoms with E-state index in [-0.39, 0.29) is 5.91 Å². The number of aromatic nitrogens is 2. The van der Waals surface area contributed by atoms with Crippen molar-refractivity contribution in [3.05, 3.63) is 83.9 Å². The Morgan fingerprint density at radius 2 is 1.82 bits per heavy atom. The predicted molar refractivity (Wildman–Crippen MR) is 112 cm³/mol. The highest BCUT2D eigenvalue weighted by atomic mass is 32.1. The number of anilines is 1. The third-order valence-electron chi connectivity index (χ3n) is 4.40. The van der Waals surface area contributed by atoms with Crippen molar-refractivity contribution >= 4 is 34.0 Å². The lowest BCUT2D eigenvalue weighted by Gasteiger charge is -2.04. The lowest BCUT2D eigenvalue weighted by molar-refractivity contribution is 0.103. The molecule has 0 fully saturated rings. The number of fused-ring (bicyclic) bond motifs is 1. The van der Waals surface area contributed by atoms with Crippen molar-refractivity contribution in [3.63, 3.8) is 0 Å². The smallest absolute Gasteiger partial charge is 0.265 e. The number of hydrogen-bond donors (Lipinski definition) is 2. The Labute approximate surface area is 164 Å². The number of furan rings is 1.